The molecule has 1 heterocycles. The average molecular weight is 328 g/mol. The van der Waals surface area contributed by atoms with Crippen LogP contribution in [0, 0.1) is 0 Å². The summed E-state index contributed by atoms with van der Waals surface area (Å²) in [6.45, 7) is 0. The Balaban J connectivity index is 2.45. The molecule has 1 unspecified atom stereocenters. The van der Waals surface area contributed by atoms with Gasteiger partial charge in [-0.3, -0.25) is 0 Å². The molecule has 1 aromatic carbocycles. The van der Waals surface area contributed by atoms with Crippen LogP contribution in [-0.4, -0.2) is 19.8 Å². The lowest BCUT2D eigenvalue weighted by Crippen LogP contribution is -2.22. The molecule has 0 saturated carbocycles. The summed E-state index contributed by atoms with van der Waals surface area (Å²) >= 11 is 16.9. The Labute approximate surface area is 118 Å². The van der Waals surface area contributed by atoms with Gasteiger partial charge in [-0.05, 0) is 24.3 Å². The highest BCUT2D eigenvalue weighted by atomic mass is 35.5. The van der Waals surface area contributed by atoms with Gasteiger partial charge in [-0.2, -0.15) is 0 Å². The van der Waals surface area contributed by atoms with Crippen molar-refractivity contribution in [3.63, 3.8) is 0 Å². The zero-order valence-corrected chi connectivity index (χ0v) is 11.6. The van der Waals surface area contributed by atoms with E-state index in [2.05, 4.69) is 4.74 Å². The monoisotopic (exact) mass is 326 g/mol. The molecule has 0 aliphatic carbocycles. The number of hydrogen-bond donors (Lipinski definition) is 0. The Hall–Kier alpha value is -0.750. The summed E-state index contributed by atoms with van der Waals surface area (Å²) < 4.78 is 28.9. The minimum atomic E-state index is -3.95. The van der Waals surface area contributed by atoms with Crippen molar-refractivity contribution in [1.29, 1.82) is 0 Å². The molecule has 0 saturated heterocycles. The van der Waals surface area contributed by atoms with Crippen LogP contribution in [0.2, 0.25) is 5.02 Å². The predicted octanol–water partition coefficient (Wildman–Crippen LogP) is 2.69. The molecule has 18 heavy (non-hydrogen) atoms. The van der Waals surface area contributed by atoms with Crippen LogP contribution in [0.15, 0.2) is 39.2 Å². The maximum atomic E-state index is 12.1. The van der Waals surface area contributed by atoms with Crippen molar-refractivity contribution < 1.29 is 17.9 Å². The fourth-order valence-electron chi connectivity index (χ4n) is 1.35. The van der Waals surface area contributed by atoms with Crippen LogP contribution < -0.4 is 0 Å². The second kappa shape index (κ2) is 4.74. The first-order chi connectivity index (χ1) is 8.34. The Bertz CT molecular complexity index is 634. The van der Waals surface area contributed by atoms with Crippen molar-refractivity contribution in [3.05, 3.63) is 39.4 Å². The van der Waals surface area contributed by atoms with Gasteiger partial charge in [-0.25, -0.2) is 13.2 Å². The van der Waals surface area contributed by atoms with Crippen LogP contribution in [0.25, 0.3) is 0 Å². The molecule has 1 aliphatic rings. The van der Waals surface area contributed by atoms with Crippen molar-refractivity contribution in [2.45, 2.75) is 10.3 Å². The maximum Gasteiger partial charge on any atom is 0.352 e. The van der Waals surface area contributed by atoms with Crippen LogP contribution in [0.3, 0.4) is 0 Å². The number of sulfone groups is 1. The van der Waals surface area contributed by atoms with Crippen LogP contribution in [0.1, 0.15) is 0 Å². The third-order valence-electron chi connectivity index (χ3n) is 2.23. The van der Waals surface area contributed by atoms with E-state index in [1.807, 2.05) is 0 Å². The maximum absolute atomic E-state index is 12.1. The molecule has 1 aliphatic heterocycles. The minimum absolute atomic E-state index is 0.0609. The van der Waals surface area contributed by atoms with E-state index in [9.17, 15) is 13.2 Å². The fraction of sp³-hybridized carbons (Fsp3) is 0.100. The molecule has 96 valence electrons. The number of carbonyl (C=O) groups is 1. The molecule has 0 fully saturated rings. The van der Waals surface area contributed by atoms with E-state index in [1.165, 1.54) is 24.3 Å². The van der Waals surface area contributed by atoms with Crippen LogP contribution in [0.5, 0.6) is 0 Å². The number of halogens is 3. The molecule has 1 aromatic rings. The first kappa shape index (κ1) is 13.7. The highest BCUT2D eigenvalue weighted by Gasteiger charge is 2.42. The summed E-state index contributed by atoms with van der Waals surface area (Å²) in [5.41, 5.74) is -1.60. The average Bonchev–Trinajstić information content (AvgIpc) is 2.58. The smallest absolute Gasteiger partial charge is 0.352 e. The van der Waals surface area contributed by atoms with Gasteiger partial charge in [0.25, 0.3) is 0 Å². The molecule has 2 rings (SSSR count). The van der Waals surface area contributed by atoms with Gasteiger partial charge in [-0.1, -0.05) is 34.8 Å². The van der Waals surface area contributed by atoms with Gasteiger partial charge in [0.2, 0.25) is 15.3 Å². The highest BCUT2D eigenvalue weighted by Crippen LogP contribution is 2.34. The van der Waals surface area contributed by atoms with Gasteiger partial charge in [0.05, 0.1) is 4.90 Å². The zero-order valence-electron chi connectivity index (χ0n) is 8.56. The third-order valence-corrected chi connectivity index (χ3v) is 5.28. The van der Waals surface area contributed by atoms with E-state index in [-0.39, 0.29) is 9.93 Å². The molecular weight excluding hydrogens is 323 g/mol. The van der Waals surface area contributed by atoms with E-state index in [0.717, 1.165) is 0 Å². The summed E-state index contributed by atoms with van der Waals surface area (Å²) in [5.74, 6) is -0.954. The van der Waals surface area contributed by atoms with Crippen molar-refractivity contribution in [2.75, 3.05) is 0 Å². The Morgan fingerprint density at radius 3 is 2.06 bits per heavy atom. The first-order valence-electron chi connectivity index (χ1n) is 4.59. The number of rotatable bonds is 2. The molecule has 0 N–H and O–H groups in total. The van der Waals surface area contributed by atoms with Gasteiger partial charge < -0.3 is 4.74 Å². The number of esters is 1. The van der Waals surface area contributed by atoms with E-state index in [4.69, 9.17) is 34.8 Å². The lowest BCUT2D eigenvalue weighted by molar-refractivity contribution is -0.136. The first-order valence-corrected chi connectivity index (χ1v) is 7.27. The molecule has 0 spiro atoms. The molecule has 8 heteroatoms. The van der Waals surface area contributed by atoms with Crippen LogP contribution in [-0.2, 0) is 19.4 Å². The summed E-state index contributed by atoms with van der Waals surface area (Å²) in [6, 6.07) is 5.40. The van der Waals surface area contributed by atoms with E-state index >= 15 is 0 Å². The topological polar surface area (TPSA) is 60.4 Å². The summed E-state index contributed by atoms with van der Waals surface area (Å²) in [5, 5.41) is -0.368. The van der Waals surface area contributed by atoms with Gasteiger partial charge in [-0.15, -0.1) is 0 Å². The SMILES string of the molecule is O=C1OC(S(=O)(=O)c2ccc(Cl)cc2)C(Cl)=C1Cl. The number of ether oxygens (including phenoxy) is 1. The molecule has 0 bridgehead atoms. The van der Waals surface area contributed by atoms with E-state index in [0.29, 0.717) is 5.02 Å². The molecule has 4 nitrogen and oxygen atoms in total. The summed E-state index contributed by atoms with van der Waals surface area (Å²) in [7, 11) is -3.95. The van der Waals surface area contributed by atoms with Gasteiger partial charge in [0, 0.05) is 5.02 Å². The third kappa shape index (κ3) is 2.23. The number of hydrogen-bond acceptors (Lipinski definition) is 4. The van der Waals surface area contributed by atoms with Crippen LogP contribution >= 0.6 is 34.8 Å². The lowest BCUT2D eigenvalue weighted by atomic mass is 10.4. The molecule has 0 aromatic heterocycles. The Morgan fingerprint density at radius 1 is 1.06 bits per heavy atom. The van der Waals surface area contributed by atoms with Crippen molar-refractivity contribution in [1.82, 2.24) is 0 Å². The summed E-state index contributed by atoms with van der Waals surface area (Å²) in [4.78, 5) is 11.1. The van der Waals surface area contributed by atoms with Crippen molar-refractivity contribution in [3.8, 4) is 0 Å². The van der Waals surface area contributed by atoms with Gasteiger partial charge in [0.1, 0.15) is 10.1 Å². The molecule has 0 amide bonds. The second-order valence-corrected chi connectivity index (χ2v) is 6.61. The van der Waals surface area contributed by atoms with Crippen molar-refractivity contribution in [2.24, 2.45) is 0 Å². The van der Waals surface area contributed by atoms with Crippen molar-refractivity contribution >= 4 is 50.6 Å². The van der Waals surface area contributed by atoms with Gasteiger partial charge >= 0.3 is 5.97 Å². The largest absolute Gasteiger partial charge is 0.435 e. The molecule has 1 atom stereocenters. The highest BCUT2D eigenvalue weighted by molar-refractivity contribution is 7.92. The Morgan fingerprint density at radius 2 is 1.61 bits per heavy atom. The normalized spacial score (nSPS) is 20.2. The predicted molar refractivity (Wildman–Crippen MR) is 67.2 cm³/mol. The quantitative estimate of drug-likeness (QED) is 0.784. The molecular formula is C10H5Cl3O4S. The van der Waals surface area contributed by atoms with E-state index in [1.54, 1.807) is 0 Å². The standard InChI is InChI=1S/C10H5Cl3O4S/c11-5-1-3-6(4-2-5)18(15,16)10-8(13)7(12)9(14)17-10/h1-4,10H. The lowest BCUT2D eigenvalue weighted by Gasteiger charge is -2.11. The molecule has 0 radical (unpaired) electrons. The Kier molecular flexibility index (Phi) is 3.60. The fourth-order valence-corrected chi connectivity index (χ4v) is 3.52. The van der Waals surface area contributed by atoms with Crippen LogP contribution in [0.4, 0.5) is 0 Å². The summed E-state index contributed by atoms with van der Waals surface area (Å²) in [6.07, 6.45) is 0. The minimum Gasteiger partial charge on any atom is -0.435 e. The number of cyclic esters (lactones) is 1. The zero-order chi connectivity index (χ0) is 13.5. The second-order valence-electron chi connectivity index (χ2n) is 3.40. The van der Waals surface area contributed by atoms with Gasteiger partial charge in [0.15, 0.2) is 0 Å². The van der Waals surface area contributed by atoms with E-state index < -0.39 is 26.3 Å². The number of carbonyl (C=O) groups excluding carboxylic acids is 1. The number of benzene rings is 1.